The zero-order valence-corrected chi connectivity index (χ0v) is 11.4. The molecule has 1 atom stereocenters. The molecule has 0 fully saturated rings. The van der Waals surface area contributed by atoms with Gasteiger partial charge in [0.15, 0.2) is 0 Å². The molecule has 1 aromatic heterocycles. The fourth-order valence-electron chi connectivity index (χ4n) is 0.922. The number of halogens is 1. The zero-order valence-electron chi connectivity index (χ0n) is 8.95. The molecule has 0 aromatic carbocycles. The first-order valence-corrected chi connectivity index (χ1v) is 6.75. The number of nitrogens with two attached hydrogens (primary N) is 1. The fourth-order valence-corrected chi connectivity index (χ4v) is 3.01. The predicted octanol–water partition coefficient (Wildman–Crippen LogP) is -0.0515. The number of nitrogens with one attached hydrogen (secondary N) is 1. The summed E-state index contributed by atoms with van der Waals surface area (Å²) < 4.78 is 29.8. The summed E-state index contributed by atoms with van der Waals surface area (Å²) >= 11 is 1.27. The Hall–Kier alpha value is -0.670. The van der Waals surface area contributed by atoms with Crippen LogP contribution in [0.5, 0.6) is 0 Å². The second kappa shape index (κ2) is 6.92. The second-order valence-corrected chi connectivity index (χ2v) is 5.49. The third-order valence-corrected chi connectivity index (χ3v) is 4.06. The van der Waals surface area contributed by atoms with Crippen LogP contribution in [0.1, 0.15) is 0 Å². The molecule has 3 N–H and O–H groups in total. The lowest BCUT2D eigenvalue weighted by molar-refractivity contribution is -0.141. The minimum Gasteiger partial charge on any atom is -0.468 e. The van der Waals surface area contributed by atoms with Crippen LogP contribution < -0.4 is 10.5 Å². The van der Waals surface area contributed by atoms with Crippen LogP contribution >= 0.6 is 23.7 Å². The molecule has 9 heteroatoms. The minimum absolute atomic E-state index is 0. The number of hydrogen-bond donors (Lipinski definition) is 2. The van der Waals surface area contributed by atoms with E-state index in [0.717, 1.165) is 0 Å². The number of ether oxygens (including phenoxy) is 1. The van der Waals surface area contributed by atoms with Crippen molar-refractivity contribution >= 4 is 39.7 Å². The van der Waals surface area contributed by atoms with Crippen molar-refractivity contribution in [3.8, 4) is 0 Å². The van der Waals surface area contributed by atoms with Gasteiger partial charge in [-0.1, -0.05) is 0 Å². The summed E-state index contributed by atoms with van der Waals surface area (Å²) in [6.45, 7) is -0.190. The largest absolute Gasteiger partial charge is 0.468 e. The summed E-state index contributed by atoms with van der Waals surface area (Å²) in [5.74, 6) is -0.659. The standard InChI is InChI=1S/C8H12N2O4S2.ClH/c1-14-8(11)7(9)4-10-16(12,13)6-2-3-15-5-6;/h2-3,5,7,10H,4,9H2,1H3;1H. The minimum atomic E-state index is -3.58. The molecule has 0 spiro atoms. The Morgan fingerprint density at radius 3 is 2.76 bits per heavy atom. The van der Waals surface area contributed by atoms with Gasteiger partial charge >= 0.3 is 5.97 Å². The van der Waals surface area contributed by atoms with E-state index in [4.69, 9.17) is 5.73 Å². The van der Waals surface area contributed by atoms with Gasteiger partial charge in [0.2, 0.25) is 10.0 Å². The Balaban J connectivity index is 0.00000256. The van der Waals surface area contributed by atoms with Gasteiger partial charge in [0, 0.05) is 11.9 Å². The third-order valence-electron chi connectivity index (χ3n) is 1.80. The number of sulfonamides is 1. The molecule has 1 aromatic rings. The van der Waals surface area contributed by atoms with Crippen molar-refractivity contribution in [2.75, 3.05) is 13.7 Å². The van der Waals surface area contributed by atoms with Gasteiger partial charge in [0.1, 0.15) is 6.04 Å². The fraction of sp³-hybridized carbons (Fsp3) is 0.375. The Labute approximate surface area is 110 Å². The molecule has 6 nitrogen and oxygen atoms in total. The van der Waals surface area contributed by atoms with Gasteiger partial charge in [-0.05, 0) is 11.4 Å². The van der Waals surface area contributed by atoms with E-state index < -0.39 is 22.0 Å². The van der Waals surface area contributed by atoms with Crippen molar-refractivity contribution in [2.24, 2.45) is 5.73 Å². The molecule has 0 aliphatic carbocycles. The van der Waals surface area contributed by atoms with Gasteiger partial charge in [0.05, 0.1) is 12.0 Å². The van der Waals surface area contributed by atoms with Crippen molar-refractivity contribution in [1.29, 1.82) is 0 Å². The summed E-state index contributed by atoms with van der Waals surface area (Å²) in [7, 11) is -2.39. The summed E-state index contributed by atoms with van der Waals surface area (Å²) in [6.07, 6.45) is 0. The van der Waals surface area contributed by atoms with E-state index in [0.29, 0.717) is 0 Å². The molecule has 0 saturated carbocycles. The van der Waals surface area contributed by atoms with E-state index in [1.165, 1.54) is 29.9 Å². The normalized spacial score (nSPS) is 12.6. The van der Waals surface area contributed by atoms with Crippen molar-refractivity contribution < 1.29 is 17.9 Å². The van der Waals surface area contributed by atoms with Gasteiger partial charge in [-0.15, -0.1) is 12.4 Å². The van der Waals surface area contributed by atoms with Gasteiger partial charge in [-0.2, -0.15) is 11.3 Å². The SMILES string of the molecule is COC(=O)C(N)CNS(=O)(=O)c1ccsc1.Cl. The van der Waals surface area contributed by atoms with Crippen molar-refractivity contribution in [3.05, 3.63) is 16.8 Å². The molecule has 17 heavy (non-hydrogen) atoms. The molecule has 0 saturated heterocycles. The van der Waals surface area contributed by atoms with E-state index in [2.05, 4.69) is 9.46 Å². The van der Waals surface area contributed by atoms with Crippen LogP contribution in [0.2, 0.25) is 0 Å². The number of carbonyl (C=O) groups is 1. The third kappa shape index (κ3) is 4.60. The topological polar surface area (TPSA) is 98.5 Å². The van der Waals surface area contributed by atoms with Gasteiger partial charge < -0.3 is 10.5 Å². The van der Waals surface area contributed by atoms with Gasteiger partial charge in [-0.3, -0.25) is 4.79 Å². The lowest BCUT2D eigenvalue weighted by Crippen LogP contribution is -2.42. The number of esters is 1. The summed E-state index contributed by atoms with van der Waals surface area (Å²) in [5.41, 5.74) is 5.39. The van der Waals surface area contributed by atoms with Crippen LogP contribution in [0.25, 0.3) is 0 Å². The van der Waals surface area contributed by atoms with Crippen LogP contribution in [0.15, 0.2) is 21.7 Å². The first-order valence-electron chi connectivity index (χ1n) is 4.32. The number of carbonyl (C=O) groups excluding carboxylic acids is 1. The molecule has 98 valence electrons. The number of thiophene rings is 1. The van der Waals surface area contributed by atoms with Crippen LogP contribution in [-0.4, -0.2) is 34.1 Å². The molecule has 0 aliphatic rings. The number of rotatable bonds is 5. The molecule has 1 heterocycles. The molecular formula is C8H13ClN2O4S2. The van der Waals surface area contributed by atoms with Crippen molar-refractivity contribution in [2.45, 2.75) is 10.9 Å². The Bertz CT molecular complexity index is 446. The summed E-state index contributed by atoms with van der Waals surface area (Å²) in [4.78, 5) is 11.1. The highest BCUT2D eigenvalue weighted by atomic mass is 35.5. The molecule has 0 aliphatic heterocycles. The van der Waals surface area contributed by atoms with Gasteiger partial charge in [0.25, 0.3) is 0 Å². The molecule has 0 amide bonds. The summed E-state index contributed by atoms with van der Waals surface area (Å²) in [6, 6.07) is 0.467. The highest BCUT2D eigenvalue weighted by Crippen LogP contribution is 2.12. The van der Waals surface area contributed by atoms with E-state index >= 15 is 0 Å². The number of methoxy groups -OCH3 is 1. The van der Waals surface area contributed by atoms with Gasteiger partial charge in [-0.25, -0.2) is 13.1 Å². The molecular weight excluding hydrogens is 288 g/mol. The molecule has 1 unspecified atom stereocenters. The lowest BCUT2D eigenvalue weighted by Gasteiger charge is -2.10. The van der Waals surface area contributed by atoms with Crippen LogP contribution in [0.3, 0.4) is 0 Å². The van der Waals surface area contributed by atoms with E-state index in [1.807, 2.05) is 0 Å². The van der Waals surface area contributed by atoms with E-state index in [-0.39, 0.29) is 23.8 Å². The maximum Gasteiger partial charge on any atom is 0.324 e. The van der Waals surface area contributed by atoms with Crippen molar-refractivity contribution in [1.82, 2.24) is 4.72 Å². The smallest absolute Gasteiger partial charge is 0.324 e. The Kier molecular flexibility index (Phi) is 6.65. The second-order valence-electron chi connectivity index (χ2n) is 2.94. The average molecular weight is 301 g/mol. The quantitative estimate of drug-likeness (QED) is 0.743. The molecule has 0 radical (unpaired) electrons. The van der Waals surface area contributed by atoms with Crippen LogP contribution in [0, 0.1) is 0 Å². The highest BCUT2D eigenvalue weighted by molar-refractivity contribution is 7.89. The maximum absolute atomic E-state index is 11.6. The maximum atomic E-state index is 11.6. The van der Waals surface area contributed by atoms with E-state index in [1.54, 1.807) is 5.38 Å². The molecule has 0 bridgehead atoms. The first-order chi connectivity index (χ1) is 7.47. The van der Waals surface area contributed by atoms with E-state index in [9.17, 15) is 13.2 Å². The monoisotopic (exact) mass is 300 g/mol. The van der Waals surface area contributed by atoms with Crippen LogP contribution in [-0.2, 0) is 19.6 Å². The molecule has 1 rings (SSSR count). The Morgan fingerprint density at radius 2 is 2.29 bits per heavy atom. The zero-order chi connectivity index (χ0) is 12.2. The highest BCUT2D eigenvalue weighted by Gasteiger charge is 2.19. The number of hydrogen-bond acceptors (Lipinski definition) is 6. The summed E-state index contributed by atoms with van der Waals surface area (Å²) in [5, 5.41) is 3.14. The van der Waals surface area contributed by atoms with Crippen LogP contribution in [0.4, 0.5) is 0 Å². The lowest BCUT2D eigenvalue weighted by atomic mass is 10.3. The Morgan fingerprint density at radius 1 is 1.65 bits per heavy atom. The predicted molar refractivity (Wildman–Crippen MR) is 66.7 cm³/mol. The first kappa shape index (κ1) is 16.3. The van der Waals surface area contributed by atoms with Crippen molar-refractivity contribution in [3.63, 3.8) is 0 Å². The average Bonchev–Trinajstić information content (AvgIpc) is 2.78.